The van der Waals surface area contributed by atoms with E-state index in [9.17, 15) is 0 Å². The minimum absolute atomic E-state index is 0.412. The number of hydrogen-bond donors (Lipinski definition) is 1. The third-order valence-corrected chi connectivity index (χ3v) is 5.34. The quantitative estimate of drug-likeness (QED) is 0.852. The Hall–Kier alpha value is -0.350. The molecule has 0 radical (unpaired) electrons. The Kier molecular flexibility index (Phi) is 5.30. The molecule has 1 fully saturated rings. The van der Waals surface area contributed by atoms with Gasteiger partial charge in [-0.3, -0.25) is 4.68 Å². The minimum atomic E-state index is 0.412. The molecule has 1 atom stereocenters. The summed E-state index contributed by atoms with van der Waals surface area (Å²) in [7, 11) is 2.08. The van der Waals surface area contributed by atoms with Crippen LogP contribution in [0.15, 0.2) is 10.7 Å². The van der Waals surface area contributed by atoms with Gasteiger partial charge in [-0.15, -0.1) is 0 Å². The SMILES string of the molecule is CCCn1ncc(Br)c1C(NC)C1CCC(C)(C)CC1. The molecule has 2 rings (SSSR count). The summed E-state index contributed by atoms with van der Waals surface area (Å²) in [4.78, 5) is 0. The lowest BCUT2D eigenvalue weighted by Gasteiger charge is -2.38. The molecule has 20 heavy (non-hydrogen) atoms. The average molecular weight is 342 g/mol. The Morgan fingerprint density at radius 1 is 1.45 bits per heavy atom. The van der Waals surface area contributed by atoms with Gasteiger partial charge in [0.2, 0.25) is 0 Å². The summed E-state index contributed by atoms with van der Waals surface area (Å²) < 4.78 is 3.32. The summed E-state index contributed by atoms with van der Waals surface area (Å²) in [5.74, 6) is 0.719. The lowest BCUT2D eigenvalue weighted by Crippen LogP contribution is -2.32. The van der Waals surface area contributed by atoms with E-state index < -0.39 is 0 Å². The van der Waals surface area contributed by atoms with Crippen molar-refractivity contribution in [2.45, 2.75) is 65.5 Å². The summed E-state index contributed by atoms with van der Waals surface area (Å²) in [6.45, 7) is 8.00. The van der Waals surface area contributed by atoms with Crippen molar-refractivity contribution in [3.05, 3.63) is 16.4 Å². The van der Waals surface area contributed by atoms with Crippen molar-refractivity contribution in [3.63, 3.8) is 0 Å². The molecule has 0 saturated heterocycles. The molecule has 1 aromatic rings. The van der Waals surface area contributed by atoms with E-state index in [4.69, 9.17) is 0 Å². The molecule has 0 aliphatic heterocycles. The second-order valence-electron chi connectivity index (χ2n) is 6.87. The van der Waals surface area contributed by atoms with Crippen molar-refractivity contribution in [2.75, 3.05) is 7.05 Å². The van der Waals surface area contributed by atoms with Crippen LogP contribution in [-0.2, 0) is 6.54 Å². The first-order valence-electron chi connectivity index (χ1n) is 7.87. The van der Waals surface area contributed by atoms with Crippen molar-refractivity contribution in [1.82, 2.24) is 15.1 Å². The van der Waals surface area contributed by atoms with Gasteiger partial charge in [0.05, 0.1) is 22.4 Å². The second-order valence-corrected chi connectivity index (χ2v) is 7.72. The molecule has 1 unspecified atom stereocenters. The van der Waals surface area contributed by atoms with Crippen LogP contribution >= 0.6 is 15.9 Å². The van der Waals surface area contributed by atoms with Crippen molar-refractivity contribution < 1.29 is 0 Å². The molecule has 0 spiro atoms. The maximum absolute atomic E-state index is 4.53. The number of rotatable bonds is 5. The van der Waals surface area contributed by atoms with Crippen LogP contribution in [-0.4, -0.2) is 16.8 Å². The second kappa shape index (κ2) is 6.61. The van der Waals surface area contributed by atoms with Gasteiger partial charge in [-0.2, -0.15) is 5.10 Å². The van der Waals surface area contributed by atoms with E-state index >= 15 is 0 Å². The minimum Gasteiger partial charge on any atom is -0.311 e. The third kappa shape index (κ3) is 3.45. The molecule has 0 aromatic carbocycles. The topological polar surface area (TPSA) is 29.9 Å². The monoisotopic (exact) mass is 341 g/mol. The Labute approximate surface area is 131 Å². The molecule has 0 bridgehead atoms. The van der Waals surface area contributed by atoms with Gasteiger partial charge in [0.1, 0.15) is 0 Å². The molecule has 114 valence electrons. The number of hydrogen-bond acceptors (Lipinski definition) is 2. The fourth-order valence-corrected chi connectivity index (χ4v) is 3.96. The average Bonchev–Trinajstić information content (AvgIpc) is 2.75. The van der Waals surface area contributed by atoms with Gasteiger partial charge in [-0.25, -0.2) is 0 Å². The number of nitrogens with zero attached hydrogens (tertiary/aromatic N) is 2. The summed E-state index contributed by atoms with van der Waals surface area (Å²) >= 11 is 3.69. The van der Waals surface area contributed by atoms with Gasteiger partial charge >= 0.3 is 0 Å². The van der Waals surface area contributed by atoms with Crippen LogP contribution in [0.25, 0.3) is 0 Å². The zero-order chi connectivity index (χ0) is 14.8. The predicted molar refractivity (Wildman–Crippen MR) is 87.8 cm³/mol. The van der Waals surface area contributed by atoms with Gasteiger partial charge in [0.15, 0.2) is 0 Å². The highest BCUT2D eigenvalue weighted by Crippen LogP contribution is 2.43. The van der Waals surface area contributed by atoms with Gasteiger partial charge in [0, 0.05) is 6.54 Å². The molecule has 3 nitrogen and oxygen atoms in total. The molecule has 1 aromatic heterocycles. The van der Waals surface area contributed by atoms with E-state index in [-0.39, 0.29) is 0 Å². The fraction of sp³-hybridized carbons (Fsp3) is 0.812. The van der Waals surface area contributed by atoms with Crippen molar-refractivity contribution in [2.24, 2.45) is 11.3 Å². The van der Waals surface area contributed by atoms with E-state index in [0.717, 1.165) is 23.4 Å². The van der Waals surface area contributed by atoms with Crippen molar-refractivity contribution >= 4 is 15.9 Å². The number of aromatic nitrogens is 2. The molecule has 1 N–H and O–H groups in total. The van der Waals surface area contributed by atoms with E-state index in [1.807, 2.05) is 6.20 Å². The normalized spacial score (nSPS) is 21.1. The highest BCUT2D eigenvalue weighted by Gasteiger charge is 2.33. The van der Waals surface area contributed by atoms with Gasteiger partial charge in [0.25, 0.3) is 0 Å². The zero-order valence-corrected chi connectivity index (χ0v) is 14.8. The van der Waals surface area contributed by atoms with Gasteiger partial charge < -0.3 is 5.32 Å². The number of nitrogens with one attached hydrogen (secondary N) is 1. The van der Waals surface area contributed by atoms with Crippen molar-refractivity contribution in [1.29, 1.82) is 0 Å². The first-order valence-corrected chi connectivity index (χ1v) is 8.66. The van der Waals surface area contributed by atoms with Crippen LogP contribution in [0.3, 0.4) is 0 Å². The Morgan fingerprint density at radius 2 is 2.10 bits per heavy atom. The molecular formula is C16H28BrN3. The van der Waals surface area contributed by atoms with Crippen LogP contribution in [0.2, 0.25) is 0 Å². The van der Waals surface area contributed by atoms with Crippen LogP contribution in [0.4, 0.5) is 0 Å². The maximum Gasteiger partial charge on any atom is 0.0698 e. The number of aryl methyl sites for hydroxylation is 1. The fourth-order valence-electron chi connectivity index (χ4n) is 3.42. The summed E-state index contributed by atoms with van der Waals surface area (Å²) in [5.41, 5.74) is 1.86. The summed E-state index contributed by atoms with van der Waals surface area (Å²) in [5, 5.41) is 8.08. The smallest absolute Gasteiger partial charge is 0.0698 e. The molecule has 0 amide bonds. The highest BCUT2D eigenvalue weighted by atomic mass is 79.9. The molecule has 1 aliphatic rings. The maximum atomic E-state index is 4.53. The van der Waals surface area contributed by atoms with E-state index in [1.165, 1.54) is 31.4 Å². The van der Waals surface area contributed by atoms with E-state index in [0.29, 0.717) is 11.5 Å². The molecule has 1 saturated carbocycles. The Bertz CT molecular complexity index is 429. The third-order valence-electron chi connectivity index (χ3n) is 4.73. The standard InChI is InChI=1S/C16H28BrN3/c1-5-10-20-15(13(17)11-19-20)14(18-4)12-6-8-16(2,3)9-7-12/h11-12,14,18H,5-10H2,1-4H3. The largest absolute Gasteiger partial charge is 0.311 e. The molecular weight excluding hydrogens is 314 g/mol. The summed E-state index contributed by atoms with van der Waals surface area (Å²) in [6.07, 6.45) is 8.34. The van der Waals surface area contributed by atoms with Gasteiger partial charge in [-0.1, -0.05) is 20.8 Å². The molecule has 1 aliphatic carbocycles. The zero-order valence-electron chi connectivity index (χ0n) is 13.2. The number of halogens is 1. The Morgan fingerprint density at radius 3 is 2.65 bits per heavy atom. The van der Waals surface area contributed by atoms with Crippen LogP contribution in [0.5, 0.6) is 0 Å². The van der Waals surface area contributed by atoms with Crippen LogP contribution < -0.4 is 5.32 Å². The van der Waals surface area contributed by atoms with E-state index in [2.05, 4.69) is 58.8 Å². The highest BCUT2D eigenvalue weighted by molar-refractivity contribution is 9.10. The lowest BCUT2D eigenvalue weighted by molar-refractivity contribution is 0.160. The first kappa shape index (κ1) is 16.0. The Balaban J connectivity index is 2.18. The van der Waals surface area contributed by atoms with Crippen molar-refractivity contribution in [3.8, 4) is 0 Å². The molecule has 1 heterocycles. The lowest BCUT2D eigenvalue weighted by atomic mass is 9.70. The summed E-state index contributed by atoms with van der Waals surface area (Å²) in [6, 6.07) is 0.412. The van der Waals surface area contributed by atoms with Gasteiger partial charge in [-0.05, 0) is 66.4 Å². The molecule has 4 heteroatoms. The van der Waals surface area contributed by atoms with Crippen LogP contribution in [0, 0.1) is 11.3 Å². The predicted octanol–water partition coefficient (Wildman–Crippen LogP) is 4.53. The first-order chi connectivity index (χ1) is 9.48. The van der Waals surface area contributed by atoms with E-state index in [1.54, 1.807) is 0 Å². The van der Waals surface area contributed by atoms with Crippen LogP contribution in [0.1, 0.15) is 64.6 Å².